The number of aromatic carboxylic acids is 1. The van der Waals surface area contributed by atoms with E-state index in [4.69, 9.17) is 10.8 Å². The van der Waals surface area contributed by atoms with Gasteiger partial charge in [-0.25, -0.2) is 4.79 Å². The molecule has 86 valence electrons. The summed E-state index contributed by atoms with van der Waals surface area (Å²) in [5.74, 6) is -1.45. The molecule has 0 saturated carbocycles. The Kier molecular flexibility index (Phi) is 2.74. The van der Waals surface area contributed by atoms with Gasteiger partial charge in [-0.1, -0.05) is 6.07 Å². The number of amides is 1. The molecule has 0 aliphatic heterocycles. The first-order valence-electron chi connectivity index (χ1n) is 4.96. The van der Waals surface area contributed by atoms with Gasteiger partial charge in [-0.2, -0.15) is 0 Å². The van der Waals surface area contributed by atoms with E-state index < -0.39 is 11.9 Å². The van der Waals surface area contributed by atoms with Gasteiger partial charge in [0.15, 0.2) is 0 Å². The van der Waals surface area contributed by atoms with Crippen LogP contribution in [0.5, 0.6) is 0 Å². The van der Waals surface area contributed by atoms with Gasteiger partial charge in [0, 0.05) is 11.6 Å². The first-order chi connectivity index (χ1) is 8.06. The number of carbonyl (C=O) groups excluding carboxylic acids is 1. The second-order valence-electron chi connectivity index (χ2n) is 3.70. The number of hydrogen-bond donors (Lipinski definition) is 2. The summed E-state index contributed by atoms with van der Waals surface area (Å²) in [5, 5.41) is 9.53. The summed E-state index contributed by atoms with van der Waals surface area (Å²) in [6.45, 7) is 0. The third-order valence-corrected chi connectivity index (χ3v) is 2.37. The first kappa shape index (κ1) is 11.1. The Hall–Kier alpha value is -2.43. The summed E-state index contributed by atoms with van der Waals surface area (Å²) < 4.78 is 0. The molecule has 3 N–H and O–H groups in total. The van der Waals surface area contributed by atoms with Gasteiger partial charge in [0.2, 0.25) is 5.91 Å². The highest BCUT2D eigenvalue weighted by Gasteiger charge is 2.06. The number of nitrogens with two attached hydrogens (primary N) is 1. The summed E-state index contributed by atoms with van der Waals surface area (Å²) in [7, 11) is 0. The van der Waals surface area contributed by atoms with Crippen LogP contribution in [0.4, 0.5) is 0 Å². The molecule has 0 atom stereocenters. The first-order valence-corrected chi connectivity index (χ1v) is 4.96. The van der Waals surface area contributed by atoms with E-state index in [9.17, 15) is 9.59 Å². The molecule has 0 aliphatic rings. The molecule has 1 amide bonds. The largest absolute Gasteiger partial charge is 0.478 e. The van der Waals surface area contributed by atoms with Crippen LogP contribution in [0.2, 0.25) is 0 Å². The molecule has 1 aromatic carbocycles. The molecule has 5 nitrogen and oxygen atoms in total. The second kappa shape index (κ2) is 4.21. The van der Waals surface area contributed by atoms with E-state index in [0.29, 0.717) is 10.9 Å². The van der Waals surface area contributed by atoms with Crippen molar-refractivity contribution in [2.75, 3.05) is 0 Å². The predicted molar refractivity (Wildman–Crippen MR) is 61.6 cm³/mol. The lowest BCUT2D eigenvalue weighted by Crippen LogP contribution is -2.13. The van der Waals surface area contributed by atoms with Crippen molar-refractivity contribution in [1.82, 2.24) is 4.98 Å². The number of pyridine rings is 1. The molecule has 1 aromatic heterocycles. The fourth-order valence-corrected chi connectivity index (χ4v) is 1.61. The van der Waals surface area contributed by atoms with Crippen molar-refractivity contribution < 1.29 is 14.7 Å². The van der Waals surface area contributed by atoms with Crippen LogP contribution < -0.4 is 5.73 Å². The molecule has 0 saturated heterocycles. The normalized spacial score (nSPS) is 10.4. The molecule has 0 bridgehead atoms. The van der Waals surface area contributed by atoms with Gasteiger partial charge in [-0.3, -0.25) is 9.78 Å². The van der Waals surface area contributed by atoms with Crippen LogP contribution >= 0.6 is 0 Å². The Morgan fingerprint density at radius 3 is 2.71 bits per heavy atom. The molecule has 1 heterocycles. The Bertz CT molecular complexity index is 608. The molecule has 0 unspecified atom stereocenters. The Morgan fingerprint density at radius 1 is 1.29 bits per heavy atom. The van der Waals surface area contributed by atoms with Crippen molar-refractivity contribution in [2.45, 2.75) is 6.42 Å². The number of primary amides is 1. The van der Waals surface area contributed by atoms with E-state index >= 15 is 0 Å². The number of fused-ring (bicyclic) bond motifs is 1. The predicted octanol–water partition coefficient (Wildman–Crippen LogP) is 0.961. The fourth-order valence-electron chi connectivity index (χ4n) is 1.61. The summed E-state index contributed by atoms with van der Waals surface area (Å²) in [6, 6.07) is 6.73. The third kappa shape index (κ3) is 2.39. The molecular formula is C12H10N2O3. The van der Waals surface area contributed by atoms with Gasteiger partial charge in [0.1, 0.15) is 0 Å². The van der Waals surface area contributed by atoms with Gasteiger partial charge in [-0.15, -0.1) is 0 Å². The number of rotatable bonds is 3. The zero-order chi connectivity index (χ0) is 12.4. The number of hydrogen-bond acceptors (Lipinski definition) is 3. The summed E-state index contributed by atoms with van der Waals surface area (Å²) in [5.41, 5.74) is 6.65. The fraction of sp³-hybridized carbons (Fsp3) is 0.0833. The van der Waals surface area contributed by atoms with Crippen molar-refractivity contribution in [2.24, 2.45) is 5.73 Å². The minimum absolute atomic E-state index is 0.119. The number of benzene rings is 1. The summed E-state index contributed by atoms with van der Waals surface area (Å²) in [6.07, 6.45) is 1.44. The Labute approximate surface area is 96.9 Å². The molecule has 0 spiro atoms. The van der Waals surface area contributed by atoms with Crippen LogP contribution in [0, 0.1) is 0 Å². The van der Waals surface area contributed by atoms with Crippen LogP contribution in [-0.4, -0.2) is 22.0 Å². The lowest BCUT2D eigenvalue weighted by Gasteiger charge is -2.02. The van der Waals surface area contributed by atoms with Crippen molar-refractivity contribution in [3.8, 4) is 0 Å². The summed E-state index contributed by atoms with van der Waals surface area (Å²) in [4.78, 5) is 25.6. The SMILES string of the molecule is NC(=O)Cc1ccc2ncc(C(=O)O)cc2c1. The van der Waals surface area contributed by atoms with Crippen LogP contribution in [-0.2, 0) is 11.2 Å². The highest BCUT2D eigenvalue weighted by molar-refractivity contribution is 5.92. The standard InChI is InChI=1S/C12H10N2O3/c13-11(15)4-7-1-2-10-8(3-7)5-9(6-14-10)12(16)17/h1-3,5-6H,4H2,(H2,13,15)(H,16,17). The number of aromatic nitrogens is 1. The average molecular weight is 230 g/mol. The van der Waals surface area contributed by atoms with Crippen LogP contribution in [0.1, 0.15) is 15.9 Å². The third-order valence-electron chi connectivity index (χ3n) is 2.37. The maximum absolute atomic E-state index is 10.8. The number of nitrogens with zero attached hydrogens (tertiary/aromatic N) is 1. The molecule has 2 rings (SSSR count). The van der Waals surface area contributed by atoms with Crippen molar-refractivity contribution >= 4 is 22.8 Å². The zero-order valence-electron chi connectivity index (χ0n) is 8.88. The average Bonchev–Trinajstić information content (AvgIpc) is 2.27. The van der Waals surface area contributed by atoms with Crippen molar-refractivity contribution in [3.63, 3.8) is 0 Å². The van der Waals surface area contributed by atoms with Gasteiger partial charge in [-0.05, 0) is 23.8 Å². The Balaban J connectivity index is 2.50. The number of carbonyl (C=O) groups is 2. The molecule has 2 aromatic rings. The molecule has 0 aliphatic carbocycles. The van der Waals surface area contributed by atoms with Crippen LogP contribution in [0.3, 0.4) is 0 Å². The molecule has 17 heavy (non-hydrogen) atoms. The number of carboxylic acids is 1. The van der Waals surface area contributed by atoms with Gasteiger partial charge in [0.25, 0.3) is 0 Å². The van der Waals surface area contributed by atoms with Crippen LogP contribution in [0.15, 0.2) is 30.5 Å². The van der Waals surface area contributed by atoms with E-state index in [2.05, 4.69) is 4.98 Å². The maximum Gasteiger partial charge on any atom is 0.337 e. The van der Waals surface area contributed by atoms with E-state index in [1.807, 2.05) is 0 Å². The quantitative estimate of drug-likeness (QED) is 0.821. The molecule has 0 radical (unpaired) electrons. The second-order valence-corrected chi connectivity index (χ2v) is 3.70. The smallest absolute Gasteiger partial charge is 0.337 e. The summed E-state index contributed by atoms with van der Waals surface area (Å²) >= 11 is 0. The highest BCUT2D eigenvalue weighted by Crippen LogP contribution is 2.16. The molecular weight excluding hydrogens is 220 g/mol. The molecule has 5 heteroatoms. The van der Waals surface area contributed by atoms with Gasteiger partial charge < -0.3 is 10.8 Å². The van der Waals surface area contributed by atoms with Gasteiger partial charge >= 0.3 is 5.97 Å². The van der Waals surface area contributed by atoms with Crippen molar-refractivity contribution in [3.05, 3.63) is 41.6 Å². The topological polar surface area (TPSA) is 93.3 Å². The highest BCUT2D eigenvalue weighted by atomic mass is 16.4. The van der Waals surface area contributed by atoms with E-state index in [1.165, 1.54) is 12.3 Å². The lowest BCUT2D eigenvalue weighted by molar-refractivity contribution is -0.117. The van der Waals surface area contributed by atoms with E-state index in [-0.39, 0.29) is 12.0 Å². The van der Waals surface area contributed by atoms with Crippen LogP contribution in [0.25, 0.3) is 10.9 Å². The van der Waals surface area contributed by atoms with E-state index in [1.54, 1.807) is 18.2 Å². The Morgan fingerprint density at radius 2 is 2.06 bits per heavy atom. The minimum atomic E-state index is -1.03. The molecule has 0 fully saturated rings. The maximum atomic E-state index is 10.8. The minimum Gasteiger partial charge on any atom is -0.478 e. The number of carboxylic acid groups (broad SMARTS) is 1. The monoisotopic (exact) mass is 230 g/mol. The van der Waals surface area contributed by atoms with Crippen molar-refractivity contribution in [1.29, 1.82) is 0 Å². The van der Waals surface area contributed by atoms with Gasteiger partial charge in [0.05, 0.1) is 17.5 Å². The van der Waals surface area contributed by atoms with E-state index in [0.717, 1.165) is 5.56 Å². The zero-order valence-corrected chi connectivity index (χ0v) is 8.88. The lowest BCUT2D eigenvalue weighted by atomic mass is 10.1.